The molecular formula is C21H28N6O2S. The maximum Gasteiger partial charge on any atom is 0.273 e. The molecule has 0 aromatic carbocycles. The van der Waals surface area contributed by atoms with Gasteiger partial charge >= 0.3 is 0 Å². The van der Waals surface area contributed by atoms with Crippen LogP contribution in [0, 0.1) is 12.3 Å². The minimum Gasteiger partial charge on any atom is -0.376 e. The molecular weight excluding hydrogens is 400 g/mol. The third-order valence-electron chi connectivity index (χ3n) is 6.78. The second kappa shape index (κ2) is 8.19. The number of nitrogens with one attached hydrogen (secondary N) is 1. The van der Waals surface area contributed by atoms with Gasteiger partial charge in [0.25, 0.3) is 5.91 Å². The number of rotatable bonds is 5. The largest absolute Gasteiger partial charge is 0.376 e. The van der Waals surface area contributed by atoms with Gasteiger partial charge in [-0.15, -0.1) is 5.10 Å². The number of hydrogen-bond acceptors (Lipinski definition) is 8. The molecule has 0 radical (unpaired) electrons. The van der Waals surface area contributed by atoms with E-state index in [0.717, 1.165) is 74.5 Å². The van der Waals surface area contributed by atoms with E-state index < -0.39 is 0 Å². The number of anilines is 1. The predicted octanol–water partition coefficient (Wildman–Crippen LogP) is 2.71. The molecule has 2 saturated heterocycles. The lowest BCUT2D eigenvalue weighted by Gasteiger charge is -2.46. The summed E-state index contributed by atoms with van der Waals surface area (Å²) in [7, 11) is 0. The van der Waals surface area contributed by atoms with Gasteiger partial charge in [0.15, 0.2) is 5.69 Å². The summed E-state index contributed by atoms with van der Waals surface area (Å²) in [6, 6.07) is 0. The van der Waals surface area contributed by atoms with Crippen molar-refractivity contribution >= 4 is 23.3 Å². The predicted molar refractivity (Wildman–Crippen MR) is 114 cm³/mol. The van der Waals surface area contributed by atoms with Crippen molar-refractivity contribution in [3.63, 3.8) is 0 Å². The summed E-state index contributed by atoms with van der Waals surface area (Å²) in [6.07, 6.45) is 10.2. The van der Waals surface area contributed by atoms with Gasteiger partial charge in [0.05, 0.1) is 17.6 Å². The molecule has 9 heteroatoms. The third kappa shape index (κ3) is 4.05. The Bertz CT molecular complexity index is 896. The molecule has 3 fully saturated rings. The molecule has 1 aliphatic carbocycles. The second-order valence-electron chi connectivity index (χ2n) is 8.96. The molecule has 3 aliphatic rings. The Kier molecular flexibility index (Phi) is 5.41. The van der Waals surface area contributed by atoms with Crippen molar-refractivity contribution in [2.45, 2.75) is 57.5 Å². The van der Waals surface area contributed by atoms with Gasteiger partial charge in [0, 0.05) is 31.4 Å². The third-order valence-corrected chi connectivity index (χ3v) is 7.67. The number of amides is 1. The number of carbonyl (C=O) groups is 1. The molecule has 160 valence electrons. The van der Waals surface area contributed by atoms with E-state index in [1.165, 1.54) is 11.5 Å². The van der Waals surface area contributed by atoms with Crippen molar-refractivity contribution in [1.29, 1.82) is 0 Å². The number of ether oxygens (including phenoxy) is 1. The van der Waals surface area contributed by atoms with E-state index in [1.807, 2.05) is 6.20 Å². The molecule has 1 unspecified atom stereocenters. The molecule has 8 nitrogen and oxygen atoms in total. The summed E-state index contributed by atoms with van der Waals surface area (Å²) < 4.78 is 10.2. The molecule has 2 aliphatic heterocycles. The molecule has 1 N–H and O–H groups in total. The van der Waals surface area contributed by atoms with Crippen LogP contribution >= 0.6 is 11.5 Å². The molecule has 2 aromatic heterocycles. The Labute approximate surface area is 180 Å². The SMILES string of the molecule is Cc1cncnc1N1CCC2(CCC(CNC(=O)c3nnsc3C3CC3)OC2)CC1. The lowest BCUT2D eigenvalue weighted by Crippen LogP contribution is -2.48. The van der Waals surface area contributed by atoms with Crippen molar-refractivity contribution in [2.24, 2.45) is 5.41 Å². The van der Waals surface area contributed by atoms with Crippen LogP contribution in [-0.4, -0.2) is 57.8 Å². The van der Waals surface area contributed by atoms with Gasteiger partial charge in [-0.1, -0.05) is 4.49 Å². The van der Waals surface area contributed by atoms with E-state index in [0.29, 0.717) is 18.2 Å². The van der Waals surface area contributed by atoms with E-state index in [-0.39, 0.29) is 17.4 Å². The van der Waals surface area contributed by atoms with E-state index in [1.54, 1.807) is 6.33 Å². The quantitative estimate of drug-likeness (QED) is 0.783. The van der Waals surface area contributed by atoms with Crippen molar-refractivity contribution in [3.8, 4) is 0 Å². The Morgan fingerprint density at radius 2 is 2.13 bits per heavy atom. The van der Waals surface area contributed by atoms with Crippen molar-refractivity contribution in [2.75, 3.05) is 31.1 Å². The Morgan fingerprint density at radius 1 is 1.30 bits per heavy atom. The molecule has 30 heavy (non-hydrogen) atoms. The van der Waals surface area contributed by atoms with Crippen LogP contribution in [0.5, 0.6) is 0 Å². The molecule has 4 heterocycles. The van der Waals surface area contributed by atoms with E-state index in [4.69, 9.17) is 4.74 Å². The highest BCUT2D eigenvalue weighted by molar-refractivity contribution is 7.06. The number of piperidine rings is 1. The number of nitrogens with zero attached hydrogens (tertiary/aromatic N) is 5. The second-order valence-corrected chi connectivity index (χ2v) is 9.74. The van der Waals surface area contributed by atoms with E-state index in [9.17, 15) is 4.79 Å². The highest BCUT2D eigenvalue weighted by Crippen LogP contribution is 2.43. The van der Waals surface area contributed by atoms with Crippen LogP contribution in [0.2, 0.25) is 0 Å². The monoisotopic (exact) mass is 428 g/mol. The Balaban J connectivity index is 1.10. The Hall–Kier alpha value is -2.13. The zero-order valence-electron chi connectivity index (χ0n) is 17.3. The van der Waals surface area contributed by atoms with E-state index in [2.05, 4.69) is 36.7 Å². The number of aryl methyl sites for hydroxylation is 1. The number of aromatic nitrogens is 4. The van der Waals surface area contributed by atoms with Crippen molar-refractivity contribution in [1.82, 2.24) is 24.9 Å². The number of hydrogen-bond donors (Lipinski definition) is 1. The first-order chi connectivity index (χ1) is 14.6. The zero-order valence-corrected chi connectivity index (χ0v) is 18.2. The van der Waals surface area contributed by atoms with Gasteiger partial charge in [-0.25, -0.2) is 9.97 Å². The molecule has 1 spiro atoms. The van der Waals surface area contributed by atoms with E-state index >= 15 is 0 Å². The molecule has 1 saturated carbocycles. The van der Waals surface area contributed by atoms with Gasteiger partial charge in [0.2, 0.25) is 0 Å². The molecule has 1 atom stereocenters. The fourth-order valence-electron chi connectivity index (χ4n) is 4.65. The van der Waals surface area contributed by atoms with Gasteiger partial charge in [0.1, 0.15) is 12.1 Å². The van der Waals surface area contributed by atoms with Crippen LogP contribution in [0.15, 0.2) is 12.5 Å². The number of carbonyl (C=O) groups excluding carboxylic acids is 1. The maximum atomic E-state index is 12.5. The smallest absolute Gasteiger partial charge is 0.273 e. The minimum atomic E-state index is -0.108. The first kappa shape index (κ1) is 19.8. The molecule has 0 bridgehead atoms. The zero-order chi connectivity index (χ0) is 20.6. The first-order valence-corrected chi connectivity index (χ1v) is 11.6. The summed E-state index contributed by atoms with van der Waals surface area (Å²) >= 11 is 1.36. The fraction of sp³-hybridized carbons (Fsp3) is 0.667. The molecule has 1 amide bonds. The van der Waals surface area contributed by atoms with Crippen molar-refractivity contribution in [3.05, 3.63) is 28.7 Å². The summed E-state index contributed by atoms with van der Waals surface area (Å²) in [5.74, 6) is 1.44. The average molecular weight is 429 g/mol. The standard InChI is InChI=1S/C21H28N6O2S/c1-14-10-22-13-24-19(14)27-8-6-21(7-9-27)5-4-16(29-12-21)11-23-20(28)17-18(15-2-3-15)30-26-25-17/h10,13,15-16H,2-9,11-12H2,1H3,(H,23,28). The normalized spacial score (nSPS) is 23.5. The fourth-order valence-corrected chi connectivity index (χ4v) is 5.46. The van der Waals surface area contributed by atoms with Crippen LogP contribution in [0.3, 0.4) is 0 Å². The van der Waals surface area contributed by atoms with Gasteiger partial charge in [-0.3, -0.25) is 4.79 Å². The van der Waals surface area contributed by atoms with Crippen LogP contribution in [0.4, 0.5) is 5.82 Å². The molecule has 5 rings (SSSR count). The van der Waals surface area contributed by atoms with Crippen LogP contribution < -0.4 is 10.2 Å². The van der Waals surface area contributed by atoms with Crippen LogP contribution in [0.1, 0.15) is 65.4 Å². The van der Waals surface area contributed by atoms with Crippen molar-refractivity contribution < 1.29 is 9.53 Å². The van der Waals surface area contributed by atoms with Gasteiger partial charge < -0.3 is 15.0 Å². The highest BCUT2D eigenvalue weighted by Gasteiger charge is 2.39. The summed E-state index contributed by atoms with van der Waals surface area (Å²) in [4.78, 5) is 24.5. The first-order valence-electron chi connectivity index (χ1n) is 10.9. The maximum absolute atomic E-state index is 12.5. The average Bonchev–Trinajstić information content (AvgIpc) is 3.50. The summed E-state index contributed by atoms with van der Waals surface area (Å²) in [5, 5.41) is 7.07. The van der Waals surface area contributed by atoms with Crippen LogP contribution in [-0.2, 0) is 4.74 Å². The lowest BCUT2D eigenvalue weighted by atomic mass is 9.73. The lowest BCUT2D eigenvalue weighted by molar-refractivity contribution is -0.0700. The topological polar surface area (TPSA) is 93.1 Å². The summed E-state index contributed by atoms with van der Waals surface area (Å²) in [5.41, 5.74) is 1.90. The summed E-state index contributed by atoms with van der Waals surface area (Å²) in [6.45, 7) is 5.39. The van der Waals surface area contributed by atoms with Gasteiger partial charge in [-0.05, 0) is 68.3 Å². The van der Waals surface area contributed by atoms with Crippen LogP contribution in [0.25, 0.3) is 0 Å². The minimum absolute atomic E-state index is 0.0812. The Morgan fingerprint density at radius 3 is 2.83 bits per heavy atom. The highest BCUT2D eigenvalue weighted by atomic mass is 32.1. The van der Waals surface area contributed by atoms with Gasteiger partial charge in [-0.2, -0.15) is 0 Å². The molecule has 2 aromatic rings.